The third kappa shape index (κ3) is 4.30. The van der Waals surface area contributed by atoms with Gasteiger partial charge in [-0.1, -0.05) is 13.8 Å². The Morgan fingerprint density at radius 2 is 1.88 bits per heavy atom. The van der Waals surface area contributed by atoms with Gasteiger partial charge in [0.1, 0.15) is 0 Å². The molecule has 96 valence electrons. The molecule has 0 aromatic carbocycles. The van der Waals surface area contributed by atoms with Gasteiger partial charge in [0.2, 0.25) is 5.91 Å². The van der Waals surface area contributed by atoms with E-state index in [9.17, 15) is 4.79 Å². The van der Waals surface area contributed by atoms with Crippen LogP contribution in [0.3, 0.4) is 0 Å². The van der Waals surface area contributed by atoms with Gasteiger partial charge in [0.05, 0.1) is 6.04 Å². The molecule has 2 N–H and O–H groups in total. The van der Waals surface area contributed by atoms with Gasteiger partial charge in [-0.3, -0.25) is 4.79 Å². The van der Waals surface area contributed by atoms with Crippen LogP contribution in [0.2, 0.25) is 0 Å². The van der Waals surface area contributed by atoms with Crippen LogP contribution < -0.4 is 5.73 Å². The lowest BCUT2D eigenvalue weighted by molar-refractivity contribution is -0.132. The van der Waals surface area contributed by atoms with E-state index in [-0.39, 0.29) is 24.4 Å². The molecule has 1 fully saturated rings. The second-order valence-corrected chi connectivity index (χ2v) is 5.05. The summed E-state index contributed by atoms with van der Waals surface area (Å²) < 4.78 is 0. The summed E-state index contributed by atoms with van der Waals surface area (Å²) in [6.07, 6.45) is 3.51. The number of hydrogen-bond donors (Lipinski definition) is 1. The van der Waals surface area contributed by atoms with Crippen LogP contribution in [-0.4, -0.2) is 29.9 Å². The van der Waals surface area contributed by atoms with Crippen LogP contribution in [0.25, 0.3) is 0 Å². The molecule has 3 nitrogen and oxygen atoms in total. The van der Waals surface area contributed by atoms with Gasteiger partial charge >= 0.3 is 0 Å². The lowest BCUT2D eigenvalue weighted by atomic mass is 9.89. The SMILES string of the molecule is CC(C)C1CCCN(C(=O)[C@@H](C)N)CC1.Cl. The maximum atomic E-state index is 11.7. The first-order valence-corrected chi connectivity index (χ1v) is 6.06. The van der Waals surface area contributed by atoms with Crippen molar-refractivity contribution in [3.05, 3.63) is 0 Å². The highest BCUT2D eigenvalue weighted by Gasteiger charge is 2.23. The van der Waals surface area contributed by atoms with Gasteiger partial charge in [0, 0.05) is 13.1 Å². The van der Waals surface area contributed by atoms with E-state index in [0.717, 1.165) is 37.8 Å². The van der Waals surface area contributed by atoms with Crippen LogP contribution in [-0.2, 0) is 4.79 Å². The van der Waals surface area contributed by atoms with E-state index in [1.54, 1.807) is 6.92 Å². The van der Waals surface area contributed by atoms with Gasteiger partial charge in [0.15, 0.2) is 0 Å². The molecule has 1 aliphatic rings. The number of carbonyl (C=O) groups excluding carboxylic acids is 1. The van der Waals surface area contributed by atoms with Crippen molar-refractivity contribution in [1.82, 2.24) is 4.90 Å². The van der Waals surface area contributed by atoms with Crippen molar-refractivity contribution >= 4 is 18.3 Å². The van der Waals surface area contributed by atoms with E-state index in [0.29, 0.717) is 0 Å². The fraction of sp³-hybridized carbons (Fsp3) is 0.917. The van der Waals surface area contributed by atoms with E-state index in [1.165, 1.54) is 6.42 Å². The van der Waals surface area contributed by atoms with Crippen molar-refractivity contribution in [2.75, 3.05) is 13.1 Å². The summed E-state index contributed by atoms with van der Waals surface area (Å²) in [6, 6.07) is -0.347. The quantitative estimate of drug-likeness (QED) is 0.813. The van der Waals surface area contributed by atoms with Crippen LogP contribution >= 0.6 is 12.4 Å². The Morgan fingerprint density at radius 1 is 1.25 bits per heavy atom. The average Bonchev–Trinajstić information content (AvgIpc) is 2.41. The van der Waals surface area contributed by atoms with E-state index in [4.69, 9.17) is 5.73 Å². The Hall–Kier alpha value is -0.280. The van der Waals surface area contributed by atoms with Crippen molar-refractivity contribution < 1.29 is 4.79 Å². The molecular formula is C12H25ClN2O. The molecule has 1 amide bonds. The van der Waals surface area contributed by atoms with Crippen LogP contribution in [0, 0.1) is 11.8 Å². The van der Waals surface area contributed by atoms with E-state index < -0.39 is 0 Å². The van der Waals surface area contributed by atoms with Crippen LogP contribution in [0.4, 0.5) is 0 Å². The van der Waals surface area contributed by atoms with E-state index in [2.05, 4.69) is 13.8 Å². The molecule has 2 atom stereocenters. The third-order valence-electron chi connectivity index (χ3n) is 3.42. The van der Waals surface area contributed by atoms with Gasteiger partial charge in [0.25, 0.3) is 0 Å². The smallest absolute Gasteiger partial charge is 0.239 e. The fourth-order valence-corrected chi connectivity index (χ4v) is 2.30. The van der Waals surface area contributed by atoms with E-state index >= 15 is 0 Å². The van der Waals surface area contributed by atoms with E-state index in [1.807, 2.05) is 4.90 Å². The second-order valence-electron chi connectivity index (χ2n) is 5.05. The summed E-state index contributed by atoms with van der Waals surface area (Å²) in [5.41, 5.74) is 5.62. The van der Waals surface area contributed by atoms with Gasteiger partial charge in [-0.15, -0.1) is 12.4 Å². The monoisotopic (exact) mass is 248 g/mol. The number of likely N-dealkylation sites (tertiary alicyclic amines) is 1. The first-order valence-electron chi connectivity index (χ1n) is 6.06. The largest absolute Gasteiger partial charge is 0.341 e. The highest BCUT2D eigenvalue weighted by Crippen LogP contribution is 2.24. The van der Waals surface area contributed by atoms with Gasteiger partial charge in [-0.25, -0.2) is 0 Å². The van der Waals surface area contributed by atoms with Crippen molar-refractivity contribution in [2.24, 2.45) is 17.6 Å². The van der Waals surface area contributed by atoms with Crippen molar-refractivity contribution in [1.29, 1.82) is 0 Å². The summed E-state index contributed by atoms with van der Waals surface area (Å²) in [4.78, 5) is 13.7. The van der Waals surface area contributed by atoms with Gasteiger partial charge < -0.3 is 10.6 Å². The number of carbonyl (C=O) groups is 1. The minimum Gasteiger partial charge on any atom is -0.341 e. The highest BCUT2D eigenvalue weighted by atomic mass is 35.5. The summed E-state index contributed by atoms with van der Waals surface area (Å²) in [7, 11) is 0. The summed E-state index contributed by atoms with van der Waals surface area (Å²) in [5, 5.41) is 0. The first-order chi connectivity index (χ1) is 7.02. The zero-order valence-corrected chi connectivity index (χ0v) is 11.4. The molecule has 1 rings (SSSR count). The third-order valence-corrected chi connectivity index (χ3v) is 3.42. The molecule has 1 unspecified atom stereocenters. The van der Waals surface area contributed by atoms with Crippen LogP contribution in [0.1, 0.15) is 40.0 Å². The molecule has 1 heterocycles. The molecule has 4 heteroatoms. The number of nitrogens with two attached hydrogens (primary N) is 1. The maximum Gasteiger partial charge on any atom is 0.239 e. The van der Waals surface area contributed by atoms with Crippen LogP contribution in [0.5, 0.6) is 0 Å². The number of halogens is 1. The lowest BCUT2D eigenvalue weighted by Gasteiger charge is -2.23. The fourth-order valence-electron chi connectivity index (χ4n) is 2.30. The molecule has 0 aliphatic carbocycles. The molecule has 16 heavy (non-hydrogen) atoms. The standard InChI is InChI=1S/C12H24N2O.ClH/c1-9(2)11-5-4-7-14(8-6-11)12(15)10(3)13;/h9-11H,4-8,13H2,1-3H3;1H/t10-,11?;/m1./s1. The Morgan fingerprint density at radius 3 is 2.38 bits per heavy atom. The van der Waals surface area contributed by atoms with Crippen LogP contribution in [0.15, 0.2) is 0 Å². The van der Waals surface area contributed by atoms with Gasteiger partial charge in [-0.2, -0.15) is 0 Å². The number of hydrogen-bond acceptors (Lipinski definition) is 2. The normalized spacial score (nSPS) is 23.6. The summed E-state index contributed by atoms with van der Waals surface area (Å²) in [5.74, 6) is 1.62. The Balaban J connectivity index is 0.00000225. The minimum atomic E-state index is -0.347. The Kier molecular flexibility index (Phi) is 7.00. The summed E-state index contributed by atoms with van der Waals surface area (Å²) >= 11 is 0. The molecule has 0 aromatic heterocycles. The molecular weight excluding hydrogens is 224 g/mol. The van der Waals surface area contributed by atoms with Crippen molar-refractivity contribution in [3.8, 4) is 0 Å². The Bertz CT molecular complexity index is 219. The molecule has 0 bridgehead atoms. The molecule has 0 radical (unpaired) electrons. The lowest BCUT2D eigenvalue weighted by Crippen LogP contribution is -2.42. The predicted molar refractivity (Wildman–Crippen MR) is 69.7 cm³/mol. The topological polar surface area (TPSA) is 46.3 Å². The molecule has 1 saturated heterocycles. The van der Waals surface area contributed by atoms with Gasteiger partial charge in [-0.05, 0) is 38.0 Å². The van der Waals surface area contributed by atoms with Crippen molar-refractivity contribution in [3.63, 3.8) is 0 Å². The molecule has 0 saturated carbocycles. The minimum absolute atomic E-state index is 0. The number of amides is 1. The zero-order chi connectivity index (χ0) is 11.4. The molecule has 1 aliphatic heterocycles. The predicted octanol–water partition coefficient (Wildman–Crippen LogP) is 2.04. The summed E-state index contributed by atoms with van der Waals surface area (Å²) in [6.45, 7) is 8.10. The number of rotatable bonds is 2. The average molecular weight is 249 g/mol. The Labute approximate surface area is 105 Å². The molecule has 0 aromatic rings. The second kappa shape index (κ2) is 7.13. The van der Waals surface area contributed by atoms with Crippen molar-refractivity contribution in [2.45, 2.75) is 46.1 Å². The zero-order valence-electron chi connectivity index (χ0n) is 10.6. The molecule has 0 spiro atoms. The highest BCUT2D eigenvalue weighted by molar-refractivity contribution is 5.85. The number of nitrogens with zero attached hydrogens (tertiary/aromatic N) is 1. The first kappa shape index (κ1) is 15.7. The maximum absolute atomic E-state index is 11.7.